The van der Waals surface area contributed by atoms with Crippen LogP contribution in [0.1, 0.15) is 48.8 Å². The fourth-order valence-corrected chi connectivity index (χ4v) is 6.41. The molecule has 2 atom stereocenters. The van der Waals surface area contributed by atoms with Crippen LogP contribution in [0.25, 0.3) is 0 Å². The van der Waals surface area contributed by atoms with E-state index >= 15 is 0 Å². The molecule has 4 nitrogen and oxygen atoms in total. The average Bonchev–Trinajstić information content (AvgIpc) is 2.41. The van der Waals surface area contributed by atoms with Gasteiger partial charge in [-0.05, 0) is 55.9 Å². The van der Waals surface area contributed by atoms with Crippen LogP contribution >= 0.6 is 0 Å². The van der Waals surface area contributed by atoms with E-state index < -0.39 is 25.9 Å². The van der Waals surface area contributed by atoms with Gasteiger partial charge in [0.1, 0.15) is 0 Å². The largest absolute Gasteiger partial charge is 0.385 e. The van der Waals surface area contributed by atoms with E-state index in [0.717, 1.165) is 12.0 Å². The van der Waals surface area contributed by atoms with E-state index in [9.17, 15) is 13.5 Å². The fraction of sp³-hybridized carbons (Fsp3) is 0.562. The second-order valence-electron chi connectivity index (χ2n) is 6.35. The maximum atomic E-state index is 12.4. The quantitative estimate of drug-likeness (QED) is 0.862. The van der Waals surface area contributed by atoms with Gasteiger partial charge in [0, 0.05) is 0 Å². The smallest absolute Gasteiger partial charge is 0.156 e. The number of hydrogen-bond donors (Lipinski definition) is 1. The van der Waals surface area contributed by atoms with E-state index in [2.05, 4.69) is 6.07 Å². The monoisotopic (exact) mass is 305 g/mol. The summed E-state index contributed by atoms with van der Waals surface area (Å²) < 4.78 is 24.7. The molecule has 2 bridgehead atoms. The first kappa shape index (κ1) is 14.6. The van der Waals surface area contributed by atoms with Gasteiger partial charge in [-0.2, -0.15) is 5.26 Å². The van der Waals surface area contributed by atoms with Crippen LogP contribution in [0.3, 0.4) is 0 Å². The van der Waals surface area contributed by atoms with E-state index in [1.807, 2.05) is 13.0 Å². The lowest BCUT2D eigenvalue weighted by Gasteiger charge is -2.44. The number of sulfone groups is 1. The van der Waals surface area contributed by atoms with Gasteiger partial charge in [-0.1, -0.05) is 12.5 Å². The molecule has 2 heterocycles. The summed E-state index contributed by atoms with van der Waals surface area (Å²) in [6.07, 6.45) is 2.70. The summed E-state index contributed by atoms with van der Waals surface area (Å²) in [4.78, 5) is 0. The zero-order valence-electron chi connectivity index (χ0n) is 12.0. The number of nitriles is 1. The van der Waals surface area contributed by atoms with Crippen LogP contribution in [0.4, 0.5) is 0 Å². The van der Waals surface area contributed by atoms with Crippen molar-refractivity contribution in [1.29, 1.82) is 5.26 Å². The highest BCUT2D eigenvalue weighted by Gasteiger charge is 2.51. The second kappa shape index (κ2) is 4.82. The number of hydrogen-bond acceptors (Lipinski definition) is 4. The molecule has 2 saturated heterocycles. The van der Waals surface area contributed by atoms with Gasteiger partial charge in [0.15, 0.2) is 9.84 Å². The molecule has 1 N–H and O–H groups in total. The van der Waals surface area contributed by atoms with Gasteiger partial charge >= 0.3 is 0 Å². The van der Waals surface area contributed by atoms with Gasteiger partial charge in [-0.3, -0.25) is 0 Å². The number of aryl methyl sites for hydroxylation is 1. The van der Waals surface area contributed by atoms with Crippen molar-refractivity contribution in [3.05, 3.63) is 34.9 Å². The van der Waals surface area contributed by atoms with Crippen molar-refractivity contribution < 1.29 is 13.5 Å². The first-order valence-electron chi connectivity index (χ1n) is 7.33. The van der Waals surface area contributed by atoms with Crippen LogP contribution in [0.15, 0.2) is 18.2 Å². The molecule has 2 aliphatic heterocycles. The third kappa shape index (κ3) is 2.27. The van der Waals surface area contributed by atoms with Gasteiger partial charge in [0.25, 0.3) is 0 Å². The minimum atomic E-state index is -3.10. The Bertz CT molecular complexity index is 698. The second-order valence-corrected chi connectivity index (χ2v) is 8.86. The molecule has 1 aromatic carbocycles. The minimum Gasteiger partial charge on any atom is -0.385 e. The summed E-state index contributed by atoms with van der Waals surface area (Å²) >= 11 is 0. The van der Waals surface area contributed by atoms with Crippen molar-refractivity contribution in [3.63, 3.8) is 0 Å². The molecule has 0 amide bonds. The topological polar surface area (TPSA) is 78.2 Å². The van der Waals surface area contributed by atoms with Crippen molar-refractivity contribution in [2.24, 2.45) is 0 Å². The first-order valence-corrected chi connectivity index (χ1v) is 8.94. The predicted octanol–water partition coefficient (Wildman–Crippen LogP) is 2.18. The van der Waals surface area contributed by atoms with Crippen molar-refractivity contribution in [1.82, 2.24) is 0 Å². The Morgan fingerprint density at radius 1 is 1.29 bits per heavy atom. The lowest BCUT2D eigenvalue weighted by atomic mass is 9.78. The molecule has 0 saturated carbocycles. The third-order valence-electron chi connectivity index (χ3n) is 4.98. The predicted molar refractivity (Wildman–Crippen MR) is 79.4 cm³/mol. The molecule has 1 aromatic rings. The fourth-order valence-electron chi connectivity index (χ4n) is 3.86. The molecule has 21 heavy (non-hydrogen) atoms. The first-order chi connectivity index (χ1) is 9.87. The van der Waals surface area contributed by atoms with Crippen molar-refractivity contribution in [2.75, 3.05) is 0 Å². The zero-order valence-corrected chi connectivity index (χ0v) is 12.9. The Morgan fingerprint density at radius 2 is 1.90 bits per heavy atom. The van der Waals surface area contributed by atoms with E-state index in [1.165, 1.54) is 0 Å². The van der Waals surface area contributed by atoms with Crippen LogP contribution in [0, 0.1) is 18.3 Å². The van der Waals surface area contributed by atoms with Crippen molar-refractivity contribution in [2.45, 2.75) is 55.1 Å². The highest BCUT2D eigenvalue weighted by atomic mass is 32.2. The number of fused-ring (bicyclic) bond motifs is 2. The highest BCUT2D eigenvalue weighted by molar-refractivity contribution is 7.92. The third-order valence-corrected chi connectivity index (χ3v) is 7.64. The lowest BCUT2D eigenvalue weighted by Crippen LogP contribution is -2.50. The van der Waals surface area contributed by atoms with Crippen LogP contribution in [-0.2, 0) is 15.4 Å². The highest BCUT2D eigenvalue weighted by Crippen LogP contribution is 2.46. The van der Waals surface area contributed by atoms with Crippen molar-refractivity contribution in [3.8, 4) is 6.07 Å². The van der Waals surface area contributed by atoms with Gasteiger partial charge in [0.2, 0.25) is 0 Å². The minimum absolute atomic E-state index is 0.252. The van der Waals surface area contributed by atoms with Gasteiger partial charge in [-0.15, -0.1) is 0 Å². The van der Waals surface area contributed by atoms with Crippen LogP contribution in [-0.4, -0.2) is 24.0 Å². The van der Waals surface area contributed by atoms with Gasteiger partial charge in [0.05, 0.1) is 27.7 Å². The molecule has 0 aliphatic carbocycles. The zero-order chi connectivity index (χ0) is 15.3. The molecular formula is C16H19NO3S. The standard InChI is InChI=1S/C16H19NO3S/c1-11-5-6-12(10-17)7-15(11)16(18)8-13-3-2-4-14(9-16)21(13,19)20/h5-7,13-14,18H,2-4,8-9H2,1H3. The molecule has 0 spiro atoms. The van der Waals surface area contributed by atoms with Crippen LogP contribution < -0.4 is 0 Å². The molecule has 2 unspecified atom stereocenters. The lowest BCUT2D eigenvalue weighted by molar-refractivity contribution is 0.00443. The summed E-state index contributed by atoms with van der Waals surface area (Å²) in [5.74, 6) is 0. The van der Waals surface area contributed by atoms with Gasteiger partial charge in [-0.25, -0.2) is 8.42 Å². The Morgan fingerprint density at radius 3 is 2.48 bits per heavy atom. The Labute approximate surface area is 125 Å². The molecule has 2 fully saturated rings. The normalized spacial score (nSPS) is 34.1. The van der Waals surface area contributed by atoms with E-state index in [4.69, 9.17) is 5.26 Å². The summed E-state index contributed by atoms with van der Waals surface area (Å²) in [6.45, 7) is 1.90. The average molecular weight is 305 g/mol. The Hall–Kier alpha value is -1.38. The van der Waals surface area contributed by atoms with Crippen LogP contribution in [0.2, 0.25) is 0 Å². The number of benzene rings is 1. The molecule has 0 radical (unpaired) electrons. The SMILES string of the molecule is Cc1ccc(C#N)cc1C1(O)CC2CCCC(C1)S2(=O)=O. The summed E-state index contributed by atoms with van der Waals surface area (Å²) in [5.41, 5.74) is 1.00. The molecule has 2 aliphatic rings. The summed E-state index contributed by atoms with van der Waals surface area (Å²) in [7, 11) is -3.10. The summed E-state index contributed by atoms with van der Waals surface area (Å²) in [6, 6.07) is 7.35. The molecule has 112 valence electrons. The van der Waals surface area contributed by atoms with E-state index in [-0.39, 0.29) is 12.8 Å². The van der Waals surface area contributed by atoms with Crippen molar-refractivity contribution >= 4 is 9.84 Å². The maximum Gasteiger partial charge on any atom is 0.156 e. The summed E-state index contributed by atoms with van der Waals surface area (Å²) in [5, 5.41) is 19.3. The maximum absolute atomic E-state index is 12.4. The number of rotatable bonds is 1. The number of nitrogens with zero attached hydrogens (tertiary/aromatic N) is 1. The van der Waals surface area contributed by atoms with E-state index in [0.29, 0.717) is 24.0 Å². The molecule has 3 rings (SSSR count). The Balaban J connectivity index is 2.05. The Kier molecular flexibility index (Phi) is 3.34. The van der Waals surface area contributed by atoms with Gasteiger partial charge < -0.3 is 5.11 Å². The molecule has 5 heteroatoms. The molecular weight excluding hydrogens is 286 g/mol. The molecule has 0 aromatic heterocycles. The van der Waals surface area contributed by atoms with Crippen LogP contribution in [0.5, 0.6) is 0 Å². The number of aliphatic hydroxyl groups is 1. The van der Waals surface area contributed by atoms with E-state index in [1.54, 1.807) is 12.1 Å².